The average molecular weight is 233 g/mol. The van der Waals surface area contributed by atoms with Crippen molar-refractivity contribution in [1.29, 1.82) is 0 Å². The number of carboxylic acid groups (broad SMARTS) is 1. The highest BCUT2D eigenvalue weighted by Gasteiger charge is 2.13. The highest BCUT2D eigenvalue weighted by Crippen LogP contribution is 2.25. The van der Waals surface area contributed by atoms with Crippen LogP contribution in [0.25, 0.3) is 0 Å². The third-order valence-corrected chi connectivity index (χ3v) is 2.00. The van der Waals surface area contributed by atoms with E-state index in [2.05, 4.69) is 0 Å². The van der Waals surface area contributed by atoms with Crippen molar-refractivity contribution in [2.75, 3.05) is 0 Å². The van der Waals surface area contributed by atoms with E-state index in [0.717, 1.165) is 0 Å². The SMILES string of the molecule is C[C@@H](CC(=O)O)Oc1cccc(Cl)c1F. The molecule has 1 atom stereocenters. The van der Waals surface area contributed by atoms with Gasteiger partial charge in [-0.05, 0) is 19.1 Å². The van der Waals surface area contributed by atoms with E-state index in [1.54, 1.807) is 6.92 Å². The van der Waals surface area contributed by atoms with Crippen molar-refractivity contribution in [2.45, 2.75) is 19.4 Å². The maximum atomic E-state index is 13.3. The van der Waals surface area contributed by atoms with Crippen molar-refractivity contribution in [3.8, 4) is 5.75 Å². The predicted octanol–water partition coefficient (Wildman–Crippen LogP) is 2.72. The van der Waals surface area contributed by atoms with Gasteiger partial charge in [0.05, 0.1) is 11.4 Å². The van der Waals surface area contributed by atoms with Crippen LogP contribution in [-0.4, -0.2) is 17.2 Å². The zero-order chi connectivity index (χ0) is 11.4. The summed E-state index contributed by atoms with van der Waals surface area (Å²) < 4.78 is 18.4. The average Bonchev–Trinajstić information content (AvgIpc) is 2.11. The van der Waals surface area contributed by atoms with Crippen LogP contribution in [-0.2, 0) is 4.79 Å². The van der Waals surface area contributed by atoms with Gasteiger partial charge in [0.1, 0.15) is 6.10 Å². The smallest absolute Gasteiger partial charge is 0.307 e. The summed E-state index contributed by atoms with van der Waals surface area (Å²) in [5.74, 6) is -1.70. The standard InChI is InChI=1S/C10H10ClFO3/c1-6(5-9(13)14)15-8-4-2-3-7(11)10(8)12/h2-4,6H,5H2,1H3,(H,13,14)/t6-/m0/s1. The molecule has 5 heteroatoms. The minimum atomic E-state index is -0.995. The van der Waals surface area contributed by atoms with E-state index in [9.17, 15) is 9.18 Å². The van der Waals surface area contributed by atoms with Gasteiger partial charge >= 0.3 is 5.97 Å². The van der Waals surface area contributed by atoms with Crippen LogP contribution in [0.15, 0.2) is 18.2 Å². The number of ether oxygens (including phenoxy) is 1. The molecule has 0 saturated heterocycles. The van der Waals surface area contributed by atoms with Gasteiger partial charge in [-0.1, -0.05) is 17.7 Å². The molecule has 0 saturated carbocycles. The minimum Gasteiger partial charge on any atom is -0.487 e. The molecule has 15 heavy (non-hydrogen) atoms. The third kappa shape index (κ3) is 3.40. The summed E-state index contributed by atoms with van der Waals surface area (Å²) in [7, 11) is 0. The van der Waals surface area contributed by atoms with Gasteiger partial charge in [-0.15, -0.1) is 0 Å². The fraction of sp³-hybridized carbons (Fsp3) is 0.300. The van der Waals surface area contributed by atoms with Crippen LogP contribution >= 0.6 is 11.6 Å². The molecule has 0 aliphatic rings. The summed E-state index contributed by atoms with van der Waals surface area (Å²) in [5.41, 5.74) is 0. The molecule has 0 aromatic heterocycles. The summed E-state index contributed by atoms with van der Waals surface area (Å²) in [6.07, 6.45) is -0.790. The van der Waals surface area contributed by atoms with E-state index >= 15 is 0 Å². The Hall–Kier alpha value is -1.29. The van der Waals surface area contributed by atoms with Gasteiger partial charge in [-0.3, -0.25) is 4.79 Å². The zero-order valence-corrected chi connectivity index (χ0v) is 8.79. The van der Waals surface area contributed by atoms with Crippen molar-refractivity contribution >= 4 is 17.6 Å². The molecule has 0 bridgehead atoms. The van der Waals surface area contributed by atoms with Crippen molar-refractivity contribution in [1.82, 2.24) is 0 Å². The highest BCUT2D eigenvalue weighted by molar-refractivity contribution is 6.30. The number of hydrogen-bond acceptors (Lipinski definition) is 2. The Morgan fingerprint density at radius 3 is 2.93 bits per heavy atom. The monoisotopic (exact) mass is 232 g/mol. The lowest BCUT2D eigenvalue weighted by Gasteiger charge is -2.13. The van der Waals surface area contributed by atoms with E-state index in [1.165, 1.54) is 18.2 Å². The molecule has 0 amide bonds. The van der Waals surface area contributed by atoms with Crippen molar-refractivity contribution in [3.63, 3.8) is 0 Å². The number of carboxylic acids is 1. The molecule has 82 valence electrons. The lowest BCUT2D eigenvalue weighted by Crippen LogP contribution is -2.17. The fourth-order valence-corrected chi connectivity index (χ4v) is 1.25. The lowest BCUT2D eigenvalue weighted by atomic mass is 10.3. The second-order valence-electron chi connectivity index (χ2n) is 3.08. The van der Waals surface area contributed by atoms with E-state index in [-0.39, 0.29) is 17.2 Å². The molecule has 0 heterocycles. The van der Waals surface area contributed by atoms with Crippen LogP contribution in [0.1, 0.15) is 13.3 Å². The maximum absolute atomic E-state index is 13.3. The van der Waals surface area contributed by atoms with Crippen LogP contribution in [0.2, 0.25) is 5.02 Å². The van der Waals surface area contributed by atoms with Gasteiger partial charge in [0, 0.05) is 0 Å². The molecule has 0 unspecified atom stereocenters. The molecule has 0 aliphatic heterocycles. The molecular weight excluding hydrogens is 223 g/mol. The normalized spacial score (nSPS) is 12.2. The molecule has 3 nitrogen and oxygen atoms in total. The fourth-order valence-electron chi connectivity index (χ4n) is 1.08. The molecule has 0 aliphatic carbocycles. The number of carbonyl (C=O) groups is 1. The summed E-state index contributed by atoms with van der Waals surface area (Å²) in [6.45, 7) is 1.55. The van der Waals surface area contributed by atoms with Gasteiger partial charge in [-0.2, -0.15) is 0 Å². The molecule has 1 rings (SSSR count). The first kappa shape index (κ1) is 11.8. The number of rotatable bonds is 4. The summed E-state index contributed by atoms with van der Waals surface area (Å²) >= 11 is 5.53. The Morgan fingerprint density at radius 2 is 2.33 bits per heavy atom. The second kappa shape index (κ2) is 4.98. The first-order valence-electron chi connectivity index (χ1n) is 4.33. The number of hydrogen-bond donors (Lipinski definition) is 1. The van der Waals surface area contributed by atoms with Gasteiger partial charge in [0.2, 0.25) is 0 Å². The lowest BCUT2D eigenvalue weighted by molar-refractivity contribution is -0.138. The Kier molecular flexibility index (Phi) is 3.91. The number of benzene rings is 1. The first-order valence-corrected chi connectivity index (χ1v) is 4.71. The van der Waals surface area contributed by atoms with Crippen LogP contribution in [0.5, 0.6) is 5.75 Å². The van der Waals surface area contributed by atoms with E-state index in [4.69, 9.17) is 21.4 Å². The third-order valence-electron chi connectivity index (χ3n) is 1.71. The summed E-state index contributed by atoms with van der Waals surface area (Å²) in [5, 5.41) is 8.44. The molecule has 0 fully saturated rings. The first-order chi connectivity index (χ1) is 7.00. The molecule has 1 N–H and O–H groups in total. The second-order valence-corrected chi connectivity index (χ2v) is 3.49. The Labute approximate surface area is 91.4 Å². The van der Waals surface area contributed by atoms with Crippen LogP contribution in [0.4, 0.5) is 4.39 Å². The Morgan fingerprint density at radius 1 is 1.67 bits per heavy atom. The van der Waals surface area contributed by atoms with E-state index < -0.39 is 17.9 Å². The largest absolute Gasteiger partial charge is 0.487 e. The van der Waals surface area contributed by atoms with Crippen LogP contribution in [0.3, 0.4) is 0 Å². The topological polar surface area (TPSA) is 46.5 Å². The van der Waals surface area contributed by atoms with Gasteiger partial charge in [-0.25, -0.2) is 4.39 Å². The van der Waals surface area contributed by atoms with Crippen LogP contribution in [0, 0.1) is 5.82 Å². The van der Waals surface area contributed by atoms with E-state index in [0.29, 0.717) is 0 Å². The minimum absolute atomic E-state index is 0.0312. The number of aliphatic carboxylic acids is 1. The van der Waals surface area contributed by atoms with Crippen molar-refractivity contribution in [2.24, 2.45) is 0 Å². The maximum Gasteiger partial charge on any atom is 0.307 e. The van der Waals surface area contributed by atoms with E-state index in [1.807, 2.05) is 0 Å². The van der Waals surface area contributed by atoms with Crippen LogP contribution < -0.4 is 4.74 Å². The van der Waals surface area contributed by atoms with Crippen molar-refractivity contribution in [3.05, 3.63) is 29.0 Å². The Bertz CT molecular complexity index is 368. The molecule has 1 aromatic carbocycles. The van der Waals surface area contributed by atoms with Gasteiger partial charge in [0.25, 0.3) is 0 Å². The van der Waals surface area contributed by atoms with Gasteiger partial charge < -0.3 is 9.84 Å². The quantitative estimate of drug-likeness (QED) is 0.868. The molecule has 0 spiro atoms. The molecule has 0 radical (unpaired) electrons. The number of halogens is 2. The Balaban J connectivity index is 2.72. The van der Waals surface area contributed by atoms with Gasteiger partial charge in [0.15, 0.2) is 11.6 Å². The zero-order valence-electron chi connectivity index (χ0n) is 8.04. The highest BCUT2D eigenvalue weighted by atomic mass is 35.5. The van der Waals surface area contributed by atoms with Crippen molar-refractivity contribution < 1.29 is 19.0 Å². The summed E-state index contributed by atoms with van der Waals surface area (Å²) in [6, 6.07) is 4.33. The molecule has 1 aromatic rings. The summed E-state index contributed by atoms with van der Waals surface area (Å²) in [4.78, 5) is 10.4. The predicted molar refractivity (Wildman–Crippen MR) is 53.8 cm³/mol. The molecular formula is C10H10ClFO3.